The van der Waals surface area contributed by atoms with Crippen molar-refractivity contribution in [3.05, 3.63) is 29.8 Å². The molecule has 4 heteroatoms. The number of nitrogens with one attached hydrogen (secondary N) is 1. The number of anilines is 1. The minimum Gasteiger partial charge on any atom is -0.388 e. The zero-order valence-electron chi connectivity index (χ0n) is 6.37. The second-order valence-electron chi connectivity index (χ2n) is 2.24. The van der Waals surface area contributed by atoms with Crippen LogP contribution in [0.3, 0.4) is 0 Å². The number of alkyl halides is 3. The van der Waals surface area contributed by atoms with Crippen LogP contribution in [0.25, 0.3) is 0 Å². The fraction of sp³-hybridized carbons (Fsp3) is 0.250. The van der Waals surface area contributed by atoms with Crippen LogP contribution in [0.2, 0.25) is 0 Å². The van der Waals surface area contributed by atoms with Gasteiger partial charge in [-0.15, -0.1) is 0 Å². The molecule has 0 aliphatic rings. The molecule has 0 unspecified atom stereocenters. The van der Waals surface area contributed by atoms with Crippen LogP contribution in [-0.4, -0.2) is 7.05 Å². The summed E-state index contributed by atoms with van der Waals surface area (Å²) in [6.07, 6.45) is -4.28. The lowest BCUT2D eigenvalue weighted by atomic mass is 10.2. The molecular formula is C8H7F3N. The van der Waals surface area contributed by atoms with Gasteiger partial charge in [-0.3, -0.25) is 0 Å². The molecule has 12 heavy (non-hydrogen) atoms. The first-order valence-corrected chi connectivity index (χ1v) is 3.30. The van der Waals surface area contributed by atoms with Crippen LogP contribution in [0, 0.1) is 6.07 Å². The van der Waals surface area contributed by atoms with Gasteiger partial charge in [0.1, 0.15) is 0 Å². The highest BCUT2D eigenvalue weighted by atomic mass is 19.4. The smallest absolute Gasteiger partial charge is 0.388 e. The molecule has 1 nitrogen and oxygen atoms in total. The standard InChI is InChI=1S/C8H7F3N/c1-12-7-4-2-6(3-5-7)8(9,10)11/h2-4,12H,1H3. The Morgan fingerprint density at radius 2 is 2.00 bits per heavy atom. The van der Waals surface area contributed by atoms with Gasteiger partial charge in [0.25, 0.3) is 0 Å². The maximum absolute atomic E-state index is 12.0. The van der Waals surface area contributed by atoms with E-state index in [0.29, 0.717) is 5.69 Å². The minimum atomic E-state index is -4.28. The monoisotopic (exact) mass is 174 g/mol. The zero-order valence-corrected chi connectivity index (χ0v) is 6.37. The van der Waals surface area contributed by atoms with Crippen molar-refractivity contribution >= 4 is 5.69 Å². The molecular weight excluding hydrogens is 167 g/mol. The van der Waals surface area contributed by atoms with Gasteiger partial charge in [0, 0.05) is 18.8 Å². The molecule has 0 aliphatic heterocycles. The van der Waals surface area contributed by atoms with Crippen LogP contribution < -0.4 is 5.32 Å². The molecule has 0 heterocycles. The normalized spacial score (nSPS) is 11.3. The van der Waals surface area contributed by atoms with E-state index in [1.807, 2.05) is 0 Å². The summed E-state index contributed by atoms with van der Waals surface area (Å²) in [7, 11) is 1.62. The van der Waals surface area contributed by atoms with Crippen molar-refractivity contribution in [1.82, 2.24) is 0 Å². The van der Waals surface area contributed by atoms with Gasteiger partial charge in [-0.1, -0.05) is 0 Å². The van der Waals surface area contributed by atoms with E-state index < -0.39 is 11.7 Å². The summed E-state index contributed by atoms with van der Waals surface area (Å²) in [4.78, 5) is 0. The molecule has 0 fully saturated rings. The maximum Gasteiger partial charge on any atom is 0.416 e. The second kappa shape index (κ2) is 3.05. The van der Waals surface area contributed by atoms with Crippen molar-refractivity contribution in [3.63, 3.8) is 0 Å². The van der Waals surface area contributed by atoms with E-state index in [1.165, 1.54) is 6.07 Å². The first-order chi connectivity index (χ1) is 5.54. The molecule has 1 radical (unpaired) electrons. The predicted molar refractivity (Wildman–Crippen MR) is 39.8 cm³/mol. The zero-order chi connectivity index (χ0) is 9.19. The topological polar surface area (TPSA) is 12.0 Å². The van der Waals surface area contributed by atoms with Crippen molar-refractivity contribution in [2.45, 2.75) is 6.18 Å². The summed E-state index contributed by atoms with van der Waals surface area (Å²) < 4.78 is 35.9. The van der Waals surface area contributed by atoms with Crippen LogP contribution in [0.4, 0.5) is 18.9 Å². The lowest BCUT2D eigenvalue weighted by Crippen LogP contribution is -2.04. The Hall–Kier alpha value is -1.19. The van der Waals surface area contributed by atoms with Gasteiger partial charge in [0.2, 0.25) is 0 Å². The van der Waals surface area contributed by atoms with E-state index >= 15 is 0 Å². The van der Waals surface area contributed by atoms with E-state index in [1.54, 1.807) is 7.05 Å². The molecule has 0 aliphatic carbocycles. The third-order valence-electron chi connectivity index (χ3n) is 1.41. The Balaban J connectivity index is 2.93. The molecule has 0 aromatic heterocycles. The molecule has 0 saturated carbocycles. The van der Waals surface area contributed by atoms with Crippen LogP contribution in [0.15, 0.2) is 18.2 Å². The van der Waals surface area contributed by atoms with E-state index in [2.05, 4.69) is 11.4 Å². The molecule has 0 bridgehead atoms. The van der Waals surface area contributed by atoms with Crippen molar-refractivity contribution < 1.29 is 13.2 Å². The highest BCUT2D eigenvalue weighted by molar-refractivity contribution is 5.43. The highest BCUT2D eigenvalue weighted by Crippen LogP contribution is 2.29. The van der Waals surface area contributed by atoms with Gasteiger partial charge in [-0.2, -0.15) is 13.2 Å². The van der Waals surface area contributed by atoms with Gasteiger partial charge in [0.15, 0.2) is 0 Å². The van der Waals surface area contributed by atoms with Crippen molar-refractivity contribution in [1.29, 1.82) is 0 Å². The summed E-state index contributed by atoms with van der Waals surface area (Å²) >= 11 is 0. The molecule has 1 aromatic rings. The van der Waals surface area contributed by atoms with Crippen LogP contribution in [-0.2, 0) is 6.18 Å². The Morgan fingerprint density at radius 3 is 2.33 bits per heavy atom. The molecule has 0 atom stereocenters. The molecule has 0 saturated heterocycles. The van der Waals surface area contributed by atoms with Crippen LogP contribution >= 0.6 is 0 Å². The number of rotatable bonds is 1. The Bertz CT molecular complexity index is 250. The van der Waals surface area contributed by atoms with E-state index in [9.17, 15) is 13.2 Å². The first kappa shape index (κ1) is 8.90. The number of halogens is 3. The lowest BCUT2D eigenvalue weighted by molar-refractivity contribution is -0.137. The van der Waals surface area contributed by atoms with Crippen molar-refractivity contribution in [3.8, 4) is 0 Å². The largest absolute Gasteiger partial charge is 0.416 e. The average Bonchev–Trinajstić information content (AvgIpc) is 2.03. The Morgan fingerprint density at radius 1 is 1.33 bits per heavy atom. The number of hydrogen-bond acceptors (Lipinski definition) is 1. The molecule has 0 amide bonds. The second-order valence-corrected chi connectivity index (χ2v) is 2.24. The van der Waals surface area contributed by atoms with E-state index in [-0.39, 0.29) is 0 Å². The summed E-state index contributed by atoms with van der Waals surface area (Å²) in [5, 5.41) is 2.68. The van der Waals surface area contributed by atoms with Gasteiger partial charge >= 0.3 is 6.18 Å². The minimum absolute atomic E-state index is 0.544. The summed E-state index contributed by atoms with van der Waals surface area (Å²) in [5.41, 5.74) is -0.135. The summed E-state index contributed by atoms with van der Waals surface area (Å²) in [6.45, 7) is 0. The van der Waals surface area contributed by atoms with Gasteiger partial charge in [-0.05, 0) is 18.2 Å². The van der Waals surface area contributed by atoms with Gasteiger partial charge in [-0.25, -0.2) is 0 Å². The molecule has 1 aromatic carbocycles. The SMILES string of the molecule is CNc1[c]cc(C(F)(F)F)cc1. The quantitative estimate of drug-likeness (QED) is 0.689. The Kier molecular flexibility index (Phi) is 2.26. The molecule has 0 spiro atoms. The van der Waals surface area contributed by atoms with E-state index in [4.69, 9.17) is 0 Å². The molecule has 1 N–H and O–H groups in total. The fourth-order valence-corrected chi connectivity index (χ4v) is 0.757. The van der Waals surface area contributed by atoms with Gasteiger partial charge in [0.05, 0.1) is 5.56 Å². The van der Waals surface area contributed by atoms with Crippen LogP contribution in [0.1, 0.15) is 5.56 Å². The highest BCUT2D eigenvalue weighted by Gasteiger charge is 2.29. The predicted octanol–water partition coefficient (Wildman–Crippen LogP) is 2.55. The number of benzene rings is 1. The lowest BCUT2D eigenvalue weighted by Gasteiger charge is -2.06. The fourth-order valence-electron chi connectivity index (χ4n) is 0.757. The third-order valence-corrected chi connectivity index (χ3v) is 1.41. The number of hydrogen-bond donors (Lipinski definition) is 1. The summed E-state index contributed by atoms with van der Waals surface area (Å²) in [6, 6.07) is 5.74. The summed E-state index contributed by atoms with van der Waals surface area (Å²) in [5.74, 6) is 0. The molecule has 1 rings (SSSR count). The Labute approximate surface area is 68.2 Å². The molecule has 65 valence electrons. The van der Waals surface area contributed by atoms with Crippen molar-refractivity contribution in [2.75, 3.05) is 12.4 Å². The third kappa shape index (κ3) is 1.90. The van der Waals surface area contributed by atoms with E-state index in [0.717, 1.165) is 12.1 Å². The van der Waals surface area contributed by atoms with Gasteiger partial charge < -0.3 is 5.32 Å². The first-order valence-electron chi connectivity index (χ1n) is 3.30. The van der Waals surface area contributed by atoms with Crippen LogP contribution in [0.5, 0.6) is 0 Å². The average molecular weight is 174 g/mol. The van der Waals surface area contributed by atoms with Crippen molar-refractivity contribution in [2.24, 2.45) is 0 Å². The maximum atomic E-state index is 12.0.